The Balaban J connectivity index is 1.59. The fourth-order valence-electron chi connectivity index (χ4n) is 2.85. The van der Waals surface area contributed by atoms with Crippen molar-refractivity contribution in [2.75, 3.05) is 18.6 Å². The Morgan fingerprint density at radius 3 is 3.04 bits per heavy atom. The van der Waals surface area contributed by atoms with Crippen molar-refractivity contribution in [2.24, 2.45) is 0 Å². The summed E-state index contributed by atoms with van der Waals surface area (Å²) >= 11 is 0. The van der Waals surface area contributed by atoms with E-state index in [9.17, 15) is 4.79 Å². The molecule has 2 aromatic heterocycles. The number of amides is 1. The van der Waals surface area contributed by atoms with E-state index in [1.165, 1.54) is 0 Å². The van der Waals surface area contributed by atoms with E-state index in [2.05, 4.69) is 20.3 Å². The van der Waals surface area contributed by atoms with E-state index in [0.29, 0.717) is 30.4 Å². The number of aromatic nitrogens is 4. The minimum absolute atomic E-state index is 0.0124. The molecule has 24 heavy (non-hydrogen) atoms. The third kappa shape index (κ3) is 2.41. The summed E-state index contributed by atoms with van der Waals surface area (Å²) in [7, 11) is 1.60. The topological polar surface area (TPSA) is 97.1 Å². The van der Waals surface area contributed by atoms with Gasteiger partial charge in [-0.1, -0.05) is 17.3 Å². The number of H-pyrrole nitrogens is 1. The number of benzene rings is 1. The van der Waals surface area contributed by atoms with Crippen molar-refractivity contribution in [3.8, 4) is 17.1 Å². The van der Waals surface area contributed by atoms with Gasteiger partial charge in [-0.05, 0) is 12.1 Å². The molecule has 0 radical (unpaired) electrons. The number of hydrogen-bond donors (Lipinski definition) is 1. The van der Waals surface area contributed by atoms with Gasteiger partial charge >= 0.3 is 0 Å². The predicted octanol–water partition coefficient (Wildman–Crippen LogP) is 1.99. The third-order valence-electron chi connectivity index (χ3n) is 4.06. The minimum atomic E-state index is -0.136. The fraction of sp³-hybridized carbons (Fsp3) is 0.250. The van der Waals surface area contributed by atoms with E-state index in [4.69, 9.17) is 9.26 Å². The van der Waals surface area contributed by atoms with Crippen molar-refractivity contribution >= 4 is 11.6 Å². The first-order chi connectivity index (χ1) is 11.8. The molecule has 1 atom stereocenters. The number of aromatic amines is 1. The number of nitrogens with zero attached hydrogens (tertiary/aromatic N) is 4. The van der Waals surface area contributed by atoms with Crippen molar-refractivity contribution in [1.29, 1.82) is 0 Å². The van der Waals surface area contributed by atoms with Gasteiger partial charge in [0.15, 0.2) is 0 Å². The van der Waals surface area contributed by atoms with Gasteiger partial charge in [0.1, 0.15) is 5.75 Å². The molecular formula is C16H15N5O3. The summed E-state index contributed by atoms with van der Waals surface area (Å²) in [5.41, 5.74) is 1.50. The van der Waals surface area contributed by atoms with Gasteiger partial charge in [0.05, 0.1) is 30.5 Å². The van der Waals surface area contributed by atoms with Crippen LogP contribution in [0.2, 0.25) is 0 Å². The van der Waals surface area contributed by atoms with Crippen LogP contribution in [0.15, 0.2) is 41.2 Å². The highest BCUT2D eigenvalue weighted by Crippen LogP contribution is 2.33. The Morgan fingerprint density at radius 1 is 1.38 bits per heavy atom. The molecule has 0 aliphatic carbocycles. The molecule has 0 saturated carbocycles. The first kappa shape index (κ1) is 14.4. The molecule has 1 aliphatic rings. The number of hydrogen-bond acceptors (Lipinski definition) is 6. The van der Waals surface area contributed by atoms with Crippen molar-refractivity contribution in [2.45, 2.75) is 12.3 Å². The number of ether oxygens (including phenoxy) is 1. The van der Waals surface area contributed by atoms with E-state index in [0.717, 1.165) is 11.3 Å². The number of nitrogens with one attached hydrogen (secondary N) is 1. The molecule has 1 aliphatic heterocycles. The lowest BCUT2D eigenvalue weighted by molar-refractivity contribution is -0.117. The number of methoxy groups -OCH3 is 1. The minimum Gasteiger partial charge on any atom is -0.496 e. The first-order valence-corrected chi connectivity index (χ1v) is 7.52. The maximum atomic E-state index is 12.2. The van der Waals surface area contributed by atoms with Crippen LogP contribution in [0.25, 0.3) is 11.4 Å². The second-order valence-electron chi connectivity index (χ2n) is 5.52. The molecular weight excluding hydrogens is 310 g/mol. The molecule has 1 unspecified atom stereocenters. The molecule has 8 nitrogen and oxygen atoms in total. The molecule has 3 heterocycles. The number of anilines is 1. The predicted molar refractivity (Wildman–Crippen MR) is 84.6 cm³/mol. The van der Waals surface area contributed by atoms with Gasteiger partial charge in [-0.2, -0.15) is 10.1 Å². The number of carbonyl (C=O) groups excluding carboxylic acids is 1. The zero-order valence-electron chi connectivity index (χ0n) is 13.0. The highest BCUT2D eigenvalue weighted by atomic mass is 16.5. The Morgan fingerprint density at radius 2 is 2.25 bits per heavy atom. The van der Waals surface area contributed by atoms with E-state index in [1.54, 1.807) is 24.4 Å². The lowest BCUT2D eigenvalue weighted by Crippen LogP contribution is -2.23. The summed E-state index contributed by atoms with van der Waals surface area (Å²) in [5, 5.41) is 10.6. The SMILES string of the molecule is COc1ccccc1-c1noc(C2CC(=O)N(c3cn[nH]c3)C2)n1. The van der Waals surface area contributed by atoms with Crippen molar-refractivity contribution < 1.29 is 14.1 Å². The maximum Gasteiger partial charge on any atom is 0.232 e. The van der Waals surface area contributed by atoms with Crippen LogP contribution in [0.4, 0.5) is 5.69 Å². The Kier molecular flexibility index (Phi) is 3.49. The maximum absolute atomic E-state index is 12.2. The van der Waals surface area contributed by atoms with Crippen molar-refractivity contribution in [3.05, 3.63) is 42.5 Å². The van der Waals surface area contributed by atoms with Gasteiger partial charge in [0.25, 0.3) is 0 Å². The van der Waals surface area contributed by atoms with Crippen LogP contribution in [0.5, 0.6) is 5.75 Å². The number of carbonyl (C=O) groups is 1. The van der Waals surface area contributed by atoms with E-state index < -0.39 is 0 Å². The second-order valence-corrected chi connectivity index (χ2v) is 5.52. The zero-order chi connectivity index (χ0) is 16.5. The molecule has 0 spiro atoms. The highest BCUT2D eigenvalue weighted by Gasteiger charge is 2.35. The largest absolute Gasteiger partial charge is 0.496 e. The molecule has 122 valence electrons. The van der Waals surface area contributed by atoms with E-state index in [-0.39, 0.29) is 11.8 Å². The summed E-state index contributed by atoms with van der Waals surface area (Å²) in [4.78, 5) is 18.3. The fourth-order valence-corrected chi connectivity index (χ4v) is 2.85. The van der Waals surface area contributed by atoms with Gasteiger partial charge in [-0.3, -0.25) is 9.89 Å². The standard InChI is InChI=1S/C16H15N5O3/c1-23-13-5-3-2-4-12(13)15-19-16(24-20-15)10-6-14(22)21(9-10)11-7-17-18-8-11/h2-5,7-8,10H,6,9H2,1H3,(H,17,18). The molecule has 1 aromatic carbocycles. The molecule has 4 rings (SSSR count). The molecule has 1 amide bonds. The van der Waals surface area contributed by atoms with Crippen molar-refractivity contribution in [3.63, 3.8) is 0 Å². The average molecular weight is 325 g/mol. The Bertz CT molecular complexity index is 858. The summed E-state index contributed by atoms with van der Waals surface area (Å²) in [6.07, 6.45) is 3.64. The summed E-state index contributed by atoms with van der Waals surface area (Å²) < 4.78 is 10.7. The Hall–Kier alpha value is -3.16. The summed E-state index contributed by atoms with van der Waals surface area (Å²) in [5.74, 6) is 1.46. The van der Waals surface area contributed by atoms with E-state index >= 15 is 0 Å². The summed E-state index contributed by atoms with van der Waals surface area (Å²) in [6, 6.07) is 7.46. The van der Waals surface area contributed by atoms with Gasteiger partial charge < -0.3 is 14.2 Å². The second kappa shape index (κ2) is 5.80. The molecule has 8 heteroatoms. The molecule has 0 bridgehead atoms. The van der Waals surface area contributed by atoms with Gasteiger partial charge in [0.2, 0.25) is 17.6 Å². The smallest absolute Gasteiger partial charge is 0.232 e. The highest BCUT2D eigenvalue weighted by molar-refractivity contribution is 5.96. The molecule has 3 aromatic rings. The summed E-state index contributed by atoms with van der Waals surface area (Å²) in [6.45, 7) is 0.492. The van der Waals surface area contributed by atoms with Crippen LogP contribution >= 0.6 is 0 Å². The number of para-hydroxylation sites is 1. The normalized spacial score (nSPS) is 17.5. The monoisotopic (exact) mass is 325 g/mol. The molecule has 1 N–H and O–H groups in total. The third-order valence-corrected chi connectivity index (χ3v) is 4.06. The van der Waals surface area contributed by atoms with Gasteiger partial charge in [0, 0.05) is 19.2 Å². The van der Waals surface area contributed by atoms with Crippen LogP contribution in [-0.2, 0) is 4.79 Å². The van der Waals surface area contributed by atoms with Crippen LogP contribution in [-0.4, -0.2) is 39.9 Å². The van der Waals surface area contributed by atoms with Crippen LogP contribution in [0.3, 0.4) is 0 Å². The van der Waals surface area contributed by atoms with Gasteiger partial charge in [-0.25, -0.2) is 0 Å². The lowest BCUT2D eigenvalue weighted by Gasteiger charge is -2.12. The molecule has 1 fully saturated rings. The quantitative estimate of drug-likeness (QED) is 0.788. The van der Waals surface area contributed by atoms with Gasteiger partial charge in [-0.15, -0.1) is 0 Å². The lowest BCUT2D eigenvalue weighted by atomic mass is 10.1. The first-order valence-electron chi connectivity index (χ1n) is 7.52. The van der Waals surface area contributed by atoms with Crippen molar-refractivity contribution in [1.82, 2.24) is 20.3 Å². The van der Waals surface area contributed by atoms with Crippen LogP contribution in [0.1, 0.15) is 18.2 Å². The van der Waals surface area contributed by atoms with Crippen LogP contribution in [0, 0.1) is 0 Å². The molecule has 1 saturated heterocycles. The van der Waals surface area contributed by atoms with Crippen LogP contribution < -0.4 is 9.64 Å². The zero-order valence-corrected chi connectivity index (χ0v) is 13.0. The van der Waals surface area contributed by atoms with E-state index in [1.807, 2.05) is 24.3 Å². The average Bonchev–Trinajstić information content (AvgIpc) is 3.34. The Labute approximate surface area is 137 Å². The number of rotatable bonds is 4.